The van der Waals surface area contributed by atoms with Gasteiger partial charge in [-0.3, -0.25) is 0 Å². The third-order valence-corrected chi connectivity index (χ3v) is 4.17. The summed E-state index contributed by atoms with van der Waals surface area (Å²) in [6.45, 7) is 14.5. The summed E-state index contributed by atoms with van der Waals surface area (Å²) in [7, 11) is 0. The summed E-state index contributed by atoms with van der Waals surface area (Å²) in [6.07, 6.45) is -0.331. The fourth-order valence-electron chi connectivity index (χ4n) is 3.53. The molecule has 0 fully saturated rings. The van der Waals surface area contributed by atoms with Crippen LogP contribution in [0, 0.1) is 41.5 Å². The third kappa shape index (κ3) is 3.45. The summed E-state index contributed by atoms with van der Waals surface area (Å²) in [4.78, 5) is 14.6. The highest BCUT2D eigenvalue weighted by Crippen LogP contribution is 2.37. The molecule has 0 atom stereocenters. The van der Waals surface area contributed by atoms with Gasteiger partial charge in [0.25, 0.3) is 0 Å². The molecule has 2 aromatic carbocycles. The van der Waals surface area contributed by atoms with Crippen molar-refractivity contribution in [2.45, 2.75) is 48.5 Å². The molecule has 0 heterocycles. The zero-order valence-corrected chi connectivity index (χ0v) is 15.8. The zero-order valence-electron chi connectivity index (χ0n) is 15.8. The number of rotatable bonds is 3. The summed E-state index contributed by atoms with van der Waals surface area (Å²) in [5.41, 5.74) is 8.48. The predicted octanol–water partition coefficient (Wildman–Crippen LogP) is 5.83. The lowest BCUT2D eigenvalue weighted by molar-refractivity contribution is 0.162. The van der Waals surface area contributed by atoms with Crippen LogP contribution in [0.3, 0.4) is 0 Å². The number of amides is 1. The second kappa shape index (κ2) is 7.08. The van der Waals surface area contributed by atoms with E-state index in [4.69, 9.17) is 4.74 Å². The molecule has 2 aromatic rings. The van der Waals surface area contributed by atoms with Crippen molar-refractivity contribution in [2.75, 3.05) is 11.5 Å². The van der Waals surface area contributed by atoms with Gasteiger partial charge in [0.1, 0.15) is 0 Å². The molecule has 0 aliphatic carbocycles. The number of aryl methyl sites for hydroxylation is 6. The van der Waals surface area contributed by atoms with Crippen molar-refractivity contribution < 1.29 is 9.53 Å². The normalized spacial score (nSPS) is 10.6. The Morgan fingerprint density at radius 3 is 1.42 bits per heavy atom. The second-order valence-electron chi connectivity index (χ2n) is 6.53. The standard InChI is InChI=1S/C21H27NO2/c1-8-24-21(23)22(19-15(4)9-13(2)10-16(19)5)20-17(6)11-14(3)12-18(20)7/h9-12H,8H2,1-7H3. The summed E-state index contributed by atoms with van der Waals surface area (Å²) in [6, 6.07) is 8.42. The van der Waals surface area contributed by atoms with E-state index in [1.54, 1.807) is 4.90 Å². The third-order valence-electron chi connectivity index (χ3n) is 4.17. The largest absolute Gasteiger partial charge is 0.449 e. The van der Waals surface area contributed by atoms with Gasteiger partial charge in [-0.05, 0) is 70.7 Å². The monoisotopic (exact) mass is 325 g/mol. The van der Waals surface area contributed by atoms with Crippen molar-refractivity contribution >= 4 is 17.5 Å². The van der Waals surface area contributed by atoms with Gasteiger partial charge in [-0.15, -0.1) is 0 Å². The highest BCUT2D eigenvalue weighted by molar-refractivity contribution is 5.99. The van der Waals surface area contributed by atoms with E-state index >= 15 is 0 Å². The van der Waals surface area contributed by atoms with E-state index in [1.807, 2.05) is 34.6 Å². The van der Waals surface area contributed by atoms with E-state index in [2.05, 4.69) is 38.1 Å². The molecule has 0 spiro atoms. The Labute approximate surface area is 145 Å². The smallest absolute Gasteiger partial charge is 0.418 e. The van der Waals surface area contributed by atoms with Gasteiger partial charge in [0.15, 0.2) is 0 Å². The number of carbonyl (C=O) groups is 1. The van der Waals surface area contributed by atoms with Crippen molar-refractivity contribution in [3.8, 4) is 0 Å². The van der Waals surface area contributed by atoms with Crippen molar-refractivity contribution in [1.29, 1.82) is 0 Å². The molecule has 0 aliphatic rings. The Bertz CT molecular complexity index is 674. The maximum absolute atomic E-state index is 12.8. The van der Waals surface area contributed by atoms with Crippen molar-refractivity contribution in [1.82, 2.24) is 0 Å². The highest BCUT2D eigenvalue weighted by atomic mass is 16.6. The Morgan fingerprint density at radius 1 is 0.792 bits per heavy atom. The Balaban J connectivity index is 2.75. The molecule has 0 saturated carbocycles. The lowest BCUT2D eigenvalue weighted by Gasteiger charge is -2.29. The molecule has 3 nitrogen and oxygen atoms in total. The topological polar surface area (TPSA) is 29.5 Å². The minimum Gasteiger partial charge on any atom is -0.449 e. The maximum atomic E-state index is 12.8. The molecule has 0 unspecified atom stereocenters. The lowest BCUT2D eigenvalue weighted by atomic mass is 10.00. The highest BCUT2D eigenvalue weighted by Gasteiger charge is 2.26. The van der Waals surface area contributed by atoms with Crippen molar-refractivity contribution in [2.24, 2.45) is 0 Å². The van der Waals surface area contributed by atoms with Crippen LogP contribution in [0.5, 0.6) is 0 Å². The molecule has 0 bridgehead atoms. The van der Waals surface area contributed by atoms with Gasteiger partial charge in [0, 0.05) is 0 Å². The zero-order chi connectivity index (χ0) is 18.0. The molecule has 24 heavy (non-hydrogen) atoms. The molecule has 0 aliphatic heterocycles. The summed E-state index contributed by atoms with van der Waals surface area (Å²) >= 11 is 0. The van der Waals surface area contributed by atoms with Gasteiger partial charge in [-0.25, -0.2) is 9.69 Å². The first kappa shape index (κ1) is 18.1. The van der Waals surface area contributed by atoms with E-state index in [0.717, 1.165) is 33.6 Å². The summed E-state index contributed by atoms with van der Waals surface area (Å²) in [5.74, 6) is 0. The first-order valence-electron chi connectivity index (χ1n) is 8.38. The van der Waals surface area contributed by atoms with Crippen LogP contribution in [0.25, 0.3) is 0 Å². The van der Waals surface area contributed by atoms with Gasteiger partial charge in [-0.1, -0.05) is 35.4 Å². The molecule has 1 amide bonds. The average molecular weight is 325 g/mol. The number of hydrogen-bond donors (Lipinski definition) is 0. The molecule has 0 saturated heterocycles. The molecule has 0 N–H and O–H groups in total. The molecule has 0 aromatic heterocycles. The molecule has 0 radical (unpaired) electrons. The number of anilines is 2. The van der Waals surface area contributed by atoms with Gasteiger partial charge in [-0.2, -0.15) is 0 Å². The van der Waals surface area contributed by atoms with E-state index < -0.39 is 0 Å². The Hall–Kier alpha value is -2.29. The number of ether oxygens (including phenoxy) is 1. The fraction of sp³-hybridized carbons (Fsp3) is 0.381. The van der Waals surface area contributed by atoms with Gasteiger partial charge < -0.3 is 4.74 Å². The van der Waals surface area contributed by atoms with Crippen LogP contribution >= 0.6 is 0 Å². The van der Waals surface area contributed by atoms with E-state index in [1.165, 1.54) is 11.1 Å². The fourth-order valence-corrected chi connectivity index (χ4v) is 3.53. The maximum Gasteiger partial charge on any atom is 0.418 e. The van der Waals surface area contributed by atoms with Crippen LogP contribution in [0.1, 0.15) is 40.3 Å². The second-order valence-corrected chi connectivity index (χ2v) is 6.53. The van der Waals surface area contributed by atoms with Crippen LogP contribution in [-0.4, -0.2) is 12.7 Å². The van der Waals surface area contributed by atoms with Gasteiger partial charge >= 0.3 is 6.09 Å². The Kier molecular flexibility index (Phi) is 5.33. The predicted molar refractivity (Wildman–Crippen MR) is 100 cm³/mol. The van der Waals surface area contributed by atoms with Crippen LogP contribution in [0.2, 0.25) is 0 Å². The number of carbonyl (C=O) groups excluding carboxylic acids is 1. The van der Waals surface area contributed by atoms with E-state index in [0.29, 0.717) is 6.61 Å². The van der Waals surface area contributed by atoms with E-state index in [9.17, 15) is 4.79 Å². The summed E-state index contributed by atoms with van der Waals surface area (Å²) < 4.78 is 5.38. The average Bonchev–Trinajstić information content (AvgIpc) is 2.43. The number of nitrogens with zero attached hydrogens (tertiary/aromatic N) is 1. The first-order chi connectivity index (χ1) is 11.3. The lowest BCUT2D eigenvalue weighted by Crippen LogP contribution is -2.29. The molecule has 128 valence electrons. The quantitative estimate of drug-likeness (QED) is 0.710. The van der Waals surface area contributed by atoms with Crippen molar-refractivity contribution in [3.05, 3.63) is 57.6 Å². The minimum absolute atomic E-state index is 0.331. The first-order valence-corrected chi connectivity index (χ1v) is 8.38. The van der Waals surface area contributed by atoms with Crippen LogP contribution < -0.4 is 4.90 Å². The van der Waals surface area contributed by atoms with Gasteiger partial charge in [0.2, 0.25) is 0 Å². The van der Waals surface area contributed by atoms with Crippen LogP contribution in [0.15, 0.2) is 24.3 Å². The number of hydrogen-bond acceptors (Lipinski definition) is 2. The van der Waals surface area contributed by atoms with Crippen LogP contribution in [-0.2, 0) is 4.74 Å². The van der Waals surface area contributed by atoms with Gasteiger partial charge in [0.05, 0.1) is 18.0 Å². The SMILES string of the molecule is CCOC(=O)N(c1c(C)cc(C)cc1C)c1c(C)cc(C)cc1C. The van der Waals surface area contributed by atoms with Crippen molar-refractivity contribution in [3.63, 3.8) is 0 Å². The van der Waals surface area contributed by atoms with Crippen LogP contribution in [0.4, 0.5) is 16.2 Å². The Morgan fingerprint density at radius 2 is 1.12 bits per heavy atom. The number of benzene rings is 2. The summed E-state index contributed by atoms with van der Waals surface area (Å²) in [5, 5.41) is 0. The molecule has 2 rings (SSSR count). The van der Waals surface area contributed by atoms with E-state index in [-0.39, 0.29) is 6.09 Å². The molecular formula is C21H27NO2. The molecular weight excluding hydrogens is 298 g/mol. The molecule has 3 heteroatoms. The minimum atomic E-state index is -0.331.